The summed E-state index contributed by atoms with van der Waals surface area (Å²) in [6.07, 6.45) is 1.67. The third kappa shape index (κ3) is 4.61. The first-order valence-corrected chi connectivity index (χ1v) is 12.4. The monoisotopic (exact) mass is 458 g/mol. The number of sulfonamides is 1. The zero-order valence-corrected chi connectivity index (χ0v) is 19.5. The highest BCUT2D eigenvalue weighted by atomic mass is 32.2. The lowest BCUT2D eigenvalue weighted by atomic mass is 9.88. The van der Waals surface area contributed by atoms with Crippen LogP contribution in [0.15, 0.2) is 53.4 Å². The first-order chi connectivity index (χ1) is 15.2. The van der Waals surface area contributed by atoms with E-state index in [1.165, 1.54) is 4.31 Å². The molecule has 1 atom stereocenters. The highest BCUT2D eigenvalue weighted by Gasteiger charge is 2.37. The number of ether oxygens (including phenoxy) is 2. The average molecular weight is 459 g/mol. The van der Waals surface area contributed by atoms with Crippen LogP contribution in [-0.4, -0.2) is 44.4 Å². The molecule has 2 aromatic rings. The Kier molecular flexibility index (Phi) is 6.18. The van der Waals surface area contributed by atoms with Crippen molar-refractivity contribution >= 4 is 15.9 Å². The maximum absolute atomic E-state index is 13.1. The number of rotatable bonds is 5. The Balaban J connectivity index is 1.39. The molecule has 1 saturated heterocycles. The Bertz CT molecular complexity index is 1070. The molecule has 7 nitrogen and oxygen atoms in total. The van der Waals surface area contributed by atoms with E-state index in [9.17, 15) is 13.2 Å². The van der Waals surface area contributed by atoms with Gasteiger partial charge in [-0.2, -0.15) is 4.31 Å². The van der Waals surface area contributed by atoms with Crippen LogP contribution in [-0.2, 0) is 14.8 Å². The number of fused-ring (bicyclic) bond motifs is 1. The van der Waals surface area contributed by atoms with E-state index < -0.39 is 10.0 Å². The zero-order chi connectivity index (χ0) is 22.9. The van der Waals surface area contributed by atoms with Crippen molar-refractivity contribution in [2.45, 2.75) is 49.6 Å². The molecule has 0 aromatic heterocycles. The van der Waals surface area contributed by atoms with Crippen LogP contribution in [0.4, 0.5) is 0 Å². The van der Waals surface area contributed by atoms with Crippen LogP contribution < -0.4 is 14.8 Å². The smallest absolute Gasteiger partial charge is 0.243 e. The summed E-state index contributed by atoms with van der Waals surface area (Å²) in [5.41, 5.74) is 0.613. The third-order valence-corrected chi connectivity index (χ3v) is 8.13. The van der Waals surface area contributed by atoms with Gasteiger partial charge in [0, 0.05) is 31.0 Å². The van der Waals surface area contributed by atoms with Crippen molar-refractivity contribution in [3.8, 4) is 11.5 Å². The van der Waals surface area contributed by atoms with Crippen LogP contribution >= 0.6 is 0 Å². The molecule has 172 valence electrons. The van der Waals surface area contributed by atoms with E-state index in [0.717, 1.165) is 11.3 Å². The number of piperidine rings is 1. The SMILES string of the molecule is COc1ccc(S(=O)(=O)N2CCC(C(=O)N[C@@H]3CC(C)(C)Oc4ccccc43)CC2)cc1. The van der Waals surface area contributed by atoms with Crippen molar-refractivity contribution in [2.24, 2.45) is 5.92 Å². The average Bonchev–Trinajstić information content (AvgIpc) is 2.78. The highest BCUT2D eigenvalue weighted by Crippen LogP contribution is 2.39. The largest absolute Gasteiger partial charge is 0.497 e. The summed E-state index contributed by atoms with van der Waals surface area (Å²) < 4.78 is 38.5. The minimum absolute atomic E-state index is 0.0241. The van der Waals surface area contributed by atoms with E-state index in [4.69, 9.17) is 9.47 Å². The van der Waals surface area contributed by atoms with Gasteiger partial charge in [0.2, 0.25) is 15.9 Å². The molecule has 32 heavy (non-hydrogen) atoms. The Morgan fingerprint density at radius 3 is 2.41 bits per heavy atom. The van der Waals surface area contributed by atoms with Gasteiger partial charge >= 0.3 is 0 Å². The first-order valence-electron chi connectivity index (χ1n) is 10.9. The van der Waals surface area contributed by atoms with E-state index >= 15 is 0 Å². The first kappa shape index (κ1) is 22.6. The summed E-state index contributed by atoms with van der Waals surface area (Å²) in [7, 11) is -2.05. The summed E-state index contributed by atoms with van der Waals surface area (Å²) in [5.74, 6) is 1.17. The summed E-state index contributed by atoms with van der Waals surface area (Å²) >= 11 is 0. The maximum Gasteiger partial charge on any atom is 0.243 e. The number of benzene rings is 2. The molecular weight excluding hydrogens is 428 g/mol. The second-order valence-electron chi connectivity index (χ2n) is 9.02. The van der Waals surface area contributed by atoms with Gasteiger partial charge in [-0.05, 0) is 57.0 Å². The van der Waals surface area contributed by atoms with Crippen molar-refractivity contribution in [1.29, 1.82) is 0 Å². The fraction of sp³-hybridized carbons (Fsp3) is 0.458. The molecule has 8 heteroatoms. The lowest BCUT2D eigenvalue weighted by molar-refractivity contribution is -0.127. The lowest BCUT2D eigenvalue weighted by Crippen LogP contribution is -2.46. The Hall–Kier alpha value is -2.58. The Morgan fingerprint density at radius 1 is 1.09 bits per heavy atom. The fourth-order valence-corrected chi connectivity index (χ4v) is 5.95. The zero-order valence-electron chi connectivity index (χ0n) is 18.7. The van der Waals surface area contributed by atoms with Crippen LogP contribution in [0, 0.1) is 5.92 Å². The highest BCUT2D eigenvalue weighted by molar-refractivity contribution is 7.89. The molecule has 1 amide bonds. The number of hydrogen-bond acceptors (Lipinski definition) is 5. The van der Waals surface area contributed by atoms with Crippen LogP contribution in [0.3, 0.4) is 0 Å². The predicted molar refractivity (Wildman–Crippen MR) is 121 cm³/mol. The number of methoxy groups -OCH3 is 1. The second kappa shape index (κ2) is 8.75. The van der Waals surface area contributed by atoms with Gasteiger partial charge in [0.25, 0.3) is 0 Å². The summed E-state index contributed by atoms with van der Waals surface area (Å²) in [4.78, 5) is 13.3. The van der Waals surface area contributed by atoms with Crippen LogP contribution in [0.25, 0.3) is 0 Å². The second-order valence-corrected chi connectivity index (χ2v) is 11.0. The van der Waals surface area contributed by atoms with Crippen molar-refractivity contribution in [2.75, 3.05) is 20.2 Å². The van der Waals surface area contributed by atoms with Crippen LogP contribution in [0.5, 0.6) is 11.5 Å². The van der Waals surface area contributed by atoms with Gasteiger partial charge < -0.3 is 14.8 Å². The number of nitrogens with zero attached hydrogens (tertiary/aromatic N) is 1. The van der Waals surface area contributed by atoms with Gasteiger partial charge in [0.15, 0.2) is 0 Å². The van der Waals surface area contributed by atoms with Crippen LogP contribution in [0.1, 0.15) is 44.7 Å². The molecule has 2 heterocycles. The molecule has 0 bridgehead atoms. The van der Waals surface area contributed by atoms with E-state index in [0.29, 0.717) is 38.1 Å². The number of amides is 1. The maximum atomic E-state index is 13.1. The third-order valence-electron chi connectivity index (χ3n) is 6.21. The van der Waals surface area contributed by atoms with E-state index in [1.54, 1.807) is 31.4 Å². The van der Waals surface area contributed by atoms with Gasteiger partial charge in [-0.15, -0.1) is 0 Å². The van der Waals surface area contributed by atoms with Crippen molar-refractivity contribution in [1.82, 2.24) is 9.62 Å². The molecule has 1 fully saturated rings. The predicted octanol–water partition coefficient (Wildman–Crippen LogP) is 3.51. The quantitative estimate of drug-likeness (QED) is 0.741. The van der Waals surface area contributed by atoms with Gasteiger partial charge in [-0.25, -0.2) is 8.42 Å². The molecule has 4 rings (SSSR count). The molecular formula is C24H30N2O5S. The topological polar surface area (TPSA) is 84.9 Å². The Morgan fingerprint density at radius 2 is 1.75 bits per heavy atom. The van der Waals surface area contributed by atoms with Crippen molar-refractivity contribution < 1.29 is 22.7 Å². The fourth-order valence-electron chi connectivity index (χ4n) is 4.48. The normalized spacial score (nSPS) is 21.3. The van der Waals surface area contributed by atoms with Crippen molar-refractivity contribution in [3.05, 3.63) is 54.1 Å². The summed E-state index contributed by atoms with van der Waals surface area (Å²) in [6.45, 7) is 4.68. The van der Waals surface area contributed by atoms with Gasteiger partial charge in [-0.1, -0.05) is 18.2 Å². The minimum atomic E-state index is -3.59. The molecule has 0 unspecified atom stereocenters. The lowest BCUT2D eigenvalue weighted by Gasteiger charge is -2.39. The number of hydrogen-bond donors (Lipinski definition) is 1. The van der Waals surface area contributed by atoms with Gasteiger partial charge in [0.1, 0.15) is 17.1 Å². The molecule has 0 radical (unpaired) electrons. The van der Waals surface area contributed by atoms with E-state index in [2.05, 4.69) is 5.32 Å². The van der Waals surface area contributed by atoms with Crippen molar-refractivity contribution in [3.63, 3.8) is 0 Å². The Labute approximate surface area is 189 Å². The van der Waals surface area contributed by atoms with Gasteiger partial charge in [-0.3, -0.25) is 4.79 Å². The van der Waals surface area contributed by atoms with E-state index in [-0.39, 0.29) is 28.4 Å². The molecule has 2 aliphatic heterocycles. The molecule has 2 aliphatic rings. The number of carbonyl (C=O) groups excluding carboxylic acids is 1. The summed E-state index contributed by atoms with van der Waals surface area (Å²) in [6, 6.07) is 14.1. The molecule has 0 saturated carbocycles. The number of para-hydroxylation sites is 1. The number of nitrogens with one attached hydrogen (secondary N) is 1. The molecule has 2 aromatic carbocycles. The number of carbonyl (C=O) groups is 1. The molecule has 0 aliphatic carbocycles. The molecule has 0 spiro atoms. The van der Waals surface area contributed by atoms with Gasteiger partial charge in [0.05, 0.1) is 18.0 Å². The standard InChI is InChI=1S/C24H30N2O5S/c1-24(2)16-21(20-6-4-5-7-22(20)31-24)25-23(27)17-12-14-26(15-13-17)32(28,29)19-10-8-18(30-3)9-11-19/h4-11,17,21H,12-16H2,1-3H3,(H,25,27)/t21-/m1/s1. The van der Waals surface area contributed by atoms with Crippen LogP contribution in [0.2, 0.25) is 0 Å². The van der Waals surface area contributed by atoms with E-state index in [1.807, 2.05) is 38.1 Å². The molecule has 1 N–H and O–H groups in total. The summed E-state index contributed by atoms with van der Waals surface area (Å²) in [5, 5.41) is 3.20. The minimum Gasteiger partial charge on any atom is -0.497 e.